The van der Waals surface area contributed by atoms with Gasteiger partial charge in [0.1, 0.15) is 0 Å². The zero-order valence-electron chi connectivity index (χ0n) is 5.21. The summed E-state index contributed by atoms with van der Waals surface area (Å²) in [6.45, 7) is 0. The maximum atomic E-state index is 12.5. The Morgan fingerprint density at radius 1 is 1.36 bits per heavy atom. The topological polar surface area (TPSA) is 40.1 Å². The minimum absolute atomic E-state index is 0.648. The van der Waals surface area contributed by atoms with Gasteiger partial charge in [-0.25, -0.2) is 8.78 Å². The molecule has 0 radical (unpaired) electrons. The highest BCUT2D eigenvalue weighted by atomic mass is 32.2. The molecule has 11 heavy (non-hydrogen) atoms. The van der Waals surface area contributed by atoms with Crippen molar-refractivity contribution in [3.8, 4) is 0 Å². The quantitative estimate of drug-likeness (QED) is 0.605. The maximum Gasteiger partial charge on any atom is 0.173 e. The number of halogens is 2. The molecule has 1 aromatic carbocycles. The van der Waals surface area contributed by atoms with Crippen LogP contribution in [-0.2, 0) is 11.1 Å². The van der Waals surface area contributed by atoms with Crippen LogP contribution in [0.5, 0.6) is 0 Å². The van der Waals surface area contributed by atoms with Gasteiger partial charge in [-0.05, 0) is 23.2 Å². The molecule has 0 aliphatic heterocycles. The van der Waals surface area contributed by atoms with Gasteiger partial charge < -0.3 is 4.55 Å². The summed E-state index contributed by atoms with van der Waals surface area (Å²) in [5.74, 6) is -2.49. The predicted molar refractivity (Wildman–Crippen MR) is 33.5 cm³/mol. The van der Waals surface area contributed by atoms with E-state index in [1.807, 2.05) is 0 Å². The first-order chi connectivity index (χ1) is 5.13. The van der Waals surface area contributed by atoms with Crippen molar-refractivity contribution in [2.24, 2.45) is 0 Å². The van der Waals surface area contributed by atoms with Crippen LogP contribution in [0.4, 0.5) is 8.78 Å². The first kappa shape index (κ1) is 8.29. The summed E-state index contributed by atoms with van der Waals surface area (Å²) in [6, 6.07) is 2.97. The van der Waals surface area contributed by atoms with Crippen LogP contribution in [0.25, 0.3) is 0 Å². The molecule has 0 aliphatic rings. The molecule has 1 rings (SSSR count). The Bertz CT molecular complexity index is 301. The van der Waals surface area contributed by atoms with Gasteiger partial charge in [-0.3, -0.25) is 4.21 Å². The van der Waals surface area contributed by atoms with E-state index in [9.17, 15) is 17.5 Å². The van der Waals surface area contributed by atoms with E-state index < -0.39 is 27.6 Å². The lowest BCUT2D eigenvalue weighted by atomic mass is 10.3. The zero-order valence-corrected chi connectivity index (χ0v) is 6.03. The zero-order chi connectivity index (χ0) is 8.43. The van der Waals surface area contributed by atoms with Crippen molar-refractivity contribution in [3.63, 3.8) is 0 Å². The lowest BCUT2D eigenvalue weighted by molar-refractivity contribution is 0.477. The van der Waals surface area contributed by atoms with E-state index in [1.54, 1.807) is 0 Å². The van der Waals surface area contributed by atoms with Crippen molar-refractivity contribution in [2.45, 2.75) is 4.90 Å². The average Bonchev–Trinajstić information content (AvgIpc) is 1.94. The molecule has 0 bridgehead atoms. The van der Waals surface area contributed by atoms with Gasteiger partial charge in [0.15, 0.2) is 11.6 Å². The van der Waals surface area contributed by atoms with E-state index in [2.05, 4.69) is 0 Å². The monoisotopic (exact) mass is 177 g/mol. The van der Waals surface area contributed by atoms with Gasteiger partial charge in [-0.1, -0.05) is 6.07 Å². The molecule has 0 spiro atoms. The summed E-state index contributed by atoms with van der Waals surface area (Å²) in [7, 11) is 0. The SMILES string of the molecule is O=S([O-])c1cccc(F)c1F. The molecule has 1 aromatic rings. The first-order valence-electron chi connectivity index (χ1n) is 2.66. The van der Waals surface area contributed by atoms with E-state index in [4.69, 9.17) is 0 Å². The van der Waals surface area contributed by atoms with Crippen LogP contribution < -0.4 is 0 Å². The Labute approximate surface area is 64.1 Å². The summed E-state index contributed by atoms with van der Waals surface area (Å²) < 4.78 is 45.1. The third-order valence-electron chi connectivity index (χ3n) is 1.10. The van der Waals surface area contributed by atoms with E-state index in [0.717, 1.165) is 18.2 Å². The molecule has 0 amide bonds. The minimum atomic E-state index is -2.72. The van der Waals surface area contributed by atoms with Crippen LogP contribution in [0.3, 0.4) is 0 Å². The highest BCUT2D eigenvalue weighted by molar-refractivity contribution is 7.79. The largest absolute Gasteiger partial charge is 0.768 e. The summed E-state index contributed by atoms with van der Waals surface area (Å²) in [5, 5.41) is 0. The van der Waals surface area contributed by atoms with Crippen LogP contribution in [0.1, 0.15) is 0 Å². The fourth-order valence-corrected chi connectivity index (χ4v) is 1.05. The summed E-state index contributed by atoms with van der Waals surface area (Å²) in [4.78, 5) is -0.648. The molecular weight excluding hydrogens is 174 g/mol. The Kier molecular flexibility index (Phi) is 2.31. The Morgan fingerprint density at radius 3 is 2.45 bits per heavy atom. The Balaban J connectivity index is 3.27. The highest BCUT2D eigenvalue weighted by Gasteiger charge is 2.06. The van der Waals surface area contributed by atoms with Gasteiger partial charge >= 0.3 is 0 Å². The van der Waals surface area contributed by atoms with Crippen LogP contribution in [-0.4, -0.2) is 8.76 Å². The molecule has 0 aliphatic carbocycles. The minimum Gasteiger partial charge on any atom is -0.768 e. The number of hydrogen-bond donors (Lipinski definition) is 0. The molecule has 0 aromatic heterocycles. The van der Waals surface area contributed by atoms with Crippen molar-refractivity contribution in [2.75, 3.05) is 0 Å². The van der Waals surface area contributed by atoms with Gasteiger partial charge in [0.2, 0.25) is 0 Å². The van der Waals surface area contributed by atoms with E-state index in [0.29, 0.717) is 0 Å². The average molecular weight is 177 g/mol. The first-order valence-corrected chi connectivity index (χ1v) is 3.73. The fourth-order valence-electron chi connectivity index (χ4n) is 0.613. The molecule has 0 fully saturated rings. The summed E-state index contributed by atoms with van der Waals surface area (Å²) in [6.07, 6.45) is 0. The molecule has 0 saturated heterocycles. The van der Waals surface area contributed by atoms with Gasteiger partial charge in [-0.15, -0.1) is 0 Å². The molecule has 2 nitrogen and oxygen atoms in total. The van der Waals surface area contributed by atoms with Gasteiger partial charge in [0.25, 0.3) is 0 Å². The van der Waals surface area contributed by atoms with Crippen molar-refractivity contribution in [1.82, 2.24) is 0 Å². The van der Waals surface area contributed by atoms with Crippen LogP contribution in [0.2, 0.25) is 0 Å². The normalized spacial score (nSPS) is 13.0. The second-order valence-corrected chi connectivity index (χ2v) is 2.70. The molecule has 1 unspecified atom stereocenters. The lowest BCUT2D eigenvalue weighted by Gasteiger charge is -2.05. The predicted octanol–water partition coefficient (Wildman–Crippen LogP) is 1.20. The summed E-state index contributed by atoms with van der Waals surface area (Å²) in [5.41, 5.74) is 0. The second kappa shape index (κ2) is 3.06. The number of benzene rings is 1. The van der Waals surface area contributed by atoms with Crippen LogP contribution >= 0.6 is 0 Å². The van der Waals surface area contributed by atoms with Gasteiger partial charge in [0.05, 0.1) is 4.90 Å². The number of hydrogen-bond acceptors (Lipinski definition) is 2. The molecular formula is C6H3F2O2S-. The van der Waals surface area contributed by atoms with Crippen molar-refractivity contribution >= 4 is 11.1 Å². The van der Waals surface area contributed by atoms with E-state index in [1.165, 1.54) is 0 Å². The molecule has 0 N–H and O–H groups in total. The third-order valence-corrected chi connectivity index (χ3v) is 1.77. The second-order valence-electron chi connectivity index (χ2n) is 1.79. The smallest absolute Gasteiger partial charge is 0.173 e. The van der Waals surface area contributed by atoms with Gasteiger partial charge in [0, 0.05) is 0 Å². The van der Waals surface area contributed by atoms with Crippen LogP contribution in [0.15, 0.2) is 23.1 Å². The fraction of sp³-hybridized carbons (Fsp3) is 0. The highest BCUT2D eigenvalue weighted by Crippen LogP contribution is 2.13. The number of rotatable bonds is 1. The summed E-state index contributed by atoms with van der Waals surface area (Å²) >= 11 is -2.72. The maximum absolute atomic E-state index is 12.5. The Hall–Kier alpha value is -0.810. The van der Waals surface area contributed by atoms with E-state index in [-0.39, 0.29) is 0 Å². The standard InChI is InChI=1S/C6H4F2O2S/c7-4-2-1-3-5(6(4)8)11(9)10/h1-3H,(H,9,10)/p-1. The molecule has 0 heterocycles. The third kappa shape index (κ3) is 1.61. The molecule has 60 valence electrons. The van der Waals surface area contributed by atoms with E-state index >= 15 is 0 Å². The lowest BCUT2D eigenvalue weighted by Crippen LogP contribution is -1.95. The van der Waals surface area contributed by atoms with Crippen molar-refractivity contribution in [1.29, 1.82) is 0 Å². The van der Waals surface area contributed by atoms with Crippen LogP contribution in [0, 0.1) is 11.6 Å². The molecule has 0 saturated carbocycles. The van der Waals surface area contributed by atoms with Crippen molar-refractivity contribution in [3.05, 3.63) is 29.8 Å². The van der Waals surface area contributed by atoms with Crippen molar-refractivity contribution < 1.29 is 17.5 Å². The molecule has 1 atom stereocenters. The van der Waals surface area contributed by atoms with Gasteiger partial charge in [-0.2, -0.15) is 0 Å². The molecule has 5 heteroatoms. The Morgan fingerprint density at radius 2 is 2.00 bits per heavy atom.